The van der Waals surface area contributed by atoms with Crippen LogP contribution in [0.5, 0.6) is 0 Å². The average molecular weight is 555 g/mol. The van der Waals surface area contributed by atoms with Crippen molar-refractivity contribution in [2.75, 3.05) is 6.61 Å². The van der Waals surface area contributed by atoms with Gasteiger partial charge in [0, 0.05) is 25.0 Å². The van der Waals surface area contributed by atoms with Gasteiger partial charge in [-0.25, -0.2) is 0 Å². The van der Waals surface area contributed by atoms with Gasteiger partial charge in [-0.3, -0.25) is 4.79 Å². The van der Waals surface area contributed by atoms with Crippen molar-refractivity contribution in [3.8, 4) is 0 Å². The number of aliphatic hydroxyl groups excluding tert-OH is 2. The maximum Gasteiger partial charge on any atom is 0.162 e. The Morgan fingerprint density at radius 2 is 1.15 bits per heavy atom. The van der Waals surface area contributed by atoms with E-state index in [4.69, 9.17) is 5.11 Å². The molecule has 4 aromatic rings. The van der Waals surface area contributed by atoms with Crippen molar-refractivity contribution in [1.29, 1.82) is 0 Å². The van der Waals surface area contributed by atoms with E-state index in [1.54, 1.807) is 6.92 Å². The quantitative estimate of drug-likeness (QED) is 0.107. The minimum absolute atomic E-state index is 0.215. The van der Waals surface area contributed by atoms with E-state index in [-0.39, 0.29) is 17.7 Å². The monoisotopic (exact) mass is 554 g/mol. The number of carbonyl (C=O) groups excluding carboxylic acids is 2. The molecule has 1 unspecified atom stereocenters. The predicted molar refractivity (Wildman–Crippen MR) is 170 cm³/mol. The van der Waals surface area contributed by atoms with Gasteiger partial charge in [0.1, 0.15) is 5.78 Å². The van der Waals surface area contributed by atoms with Crippen molar-refractivity contribution in [3.05, 3.63) is 96.1 Å². The Hall–Kier alpha value is -3.34. The minimum atomic E-state index is -0.363. The van der Waals surface area contributed by atoms with Crippen LogP contribution in [0.15, 0.2) is 84.9 Å². The molecule has 0 aliphatic carbocycles. The van der Waals surface area contributed by atoms with Gasteiger partial charge < -0.3 is 15.0 Å². The van der Waals surface area contributed by atoms with Crippen molar-refractivity contribution < 1.29 is 19.8 Å². The largest absolute Gasteiger partial charge is 0.396 e. The van der Waals surface area contributed by atoms with Crippen LogP contribution in [0.4, 0.5) is 0 Å². The van der Waals surface area contributed by atoms with E-state index in [1.165, 1.54) is 16.2 Å². The fourth-order valence-corrected chi connectivity index (χ4v) is 5.08. The van der Waals surface area contributed by atoms with Gasteiger partial charge in [-0.15, -0.1) is 0 Å². The van der Waals surface area contributed by atoms with E-state index in [0.717, 1.165) is 80.7 Å². The molecule has 4 nitrogen and oxygen atoms in total. The van der Waals surface area contributed by atoms with Crippen LogP contribution in [0.3, 0.4) is 0 Å². The molecule has 4 heteroatoms. The summed E-state index contributed by atoms with van der Waals surface area (Å²) in [5.41, 5.74) is 1.82. The number of fused-ring (bicyclic) bond motifs is 2. The minimum Gasteiger partial charge on any atom is -0.396 e. The lowest BCUT2D eigenvalue weighted by Crippen LogP contribution is -1.99. The fourth-order valence-electron chi connectivity index (χ4n) is 5.08. The third kappa shape index (κ3) is 11.6. The summed E-state index contributed by atoms with van der Waals surface area (Å²) < 4.78 is 0. The Bertz CT molecular complexity index is 1360. The predicted octanol–water partition coefficient (Wildman–Crippen LogP) is 9.16. The molecule has 0 bridgehead atoms. The summed E-state index contributed by atoms with van der Waals surface area (Å²) in [5.74, 6) is 0.467. The zero-order chi connectivity index (χ0) is 29.3. The van der Waals surface area contributed by atoms with Gasteiger partial charge in [-0.1, -0.05) is 111 Å². The third-order valence-electron chi connectivity index (χ3n) is 7.55. The van der Waals surface area contributed by atoms with Crippen LogP contribution in [0.1, 0.15) is 106 Å². The number of unbranched alkanes of at least 4 members (excludes halogenated alkanes) is 7. The lowest BCUT2D eigenvalue weighted by molar-refractivity contribution is -0.117. The second kappa shape index (κ2) is 18.2. The topological polar surface area (TPSA) is 74.6 Å². The highest BCUT2D eigenvalue weighted by Gasteiger charge is 2.08. The van der Waals surface area contributed by atoms with E-state index >= 15 is 0 Å². The fraction of sp³-hybridized carbons (Fsp3) is 0.405. The molecule has 0 heterocycles. The van der Waals surface area contributed by atoms with Gasteiger partial charge in [0.2, 0.25) is 0 Å². The van der Waals surface area contributed by atoms with Crippen molar-refractivity contribution in [2.45, 2.75) is 90.1 Å². The Kier molecular flexibility index (Phi) is 14.3. The number of benzene rings is 4. The number of aliphatic hydroxyl groups is 2. The lowest BCUT2D eigenvalue weighted by Gasteiger charge is -2.12. The molecule has 0 saturated heterocycles. The van der Waals surface area contributed by atoms with Gasteiger partial charge in [0.05, 0.1) is 6.10 Å². The zero-order valence-electron chi connectivity index (χ0n) is 24.6. The van der Waals surface area contributed by atoms with Gasteiger partial charge in [-0.05, 0) is 71.8 Å². The number of hydrogen-bond acceptors (Lipinski definition) is 4. The SMILES string of the molecule is CC(=O)CCCCCCC(=O)c1ccc2ccccc2c1.OCCCCCCCC(O)c1ccc2ccccc2c1. The van der Waals surface area contributed by atoms with Crippen LogP contribution >= 0.6 is 0 Å². The summed E-state index contributed by atoms with van der Waals surface area (Å²) in [6.45, 7) is 1.92. The lowest BCUT2D eigenvalue weighted by atomic mass is 9.99. The first-order chi connectivity index (χ1) is 20.0. The van der Waals surface area contributed by atoms with Gasteiger partial charge in [-0.2, -0.15) is 0 Å². The van der Waals surface area contributed by atoms with Crippen LogP contribution in [0.2, 0.25) is 0 Å². The molecule has 4 rings (SSSR count). The maximum absolute atomic E-state index is 12.2. The van der Waals surface area contributed by atoms with E-state index in [0.29, 0.717) is 19.4 Å². The molecule has 0 spiro atoms. The Balaban J connectivity index is 0.000000226. The van der Waals surface area contributed by atoms with Crippen LogP contribution in [-0.2, 0) is 4.79 Å². The maximum atomic E-state index is 12.2. The molecule has 2 N–H and O–H groups in total. The molecule has 0 saturated carbocycles. The van der Waals surface area contributed by atoms with Crippen LogP contribution in [0, 0.1) is 0 Å². The molecule has 0 fully saturated rings. The van der Waals surface area contributed by atoms with Crippen molar-refractivity contribution in [3.63, 3.8) is 0 Å². The smallest absolute Gasteiger partial charge is 0.162 e. The summed E-state index contributed by atoms with van der Waals surface area (Å²) in [4.78, 5) is 23.0. The second-order valence-electron chi connectivity index (χ2n) is 11.0. The summed E-state index contributed by atoms with van der Waals surface area (Å²) in [6, 6.07) is 28.4. The van der Waals surface area contributed by atoms with Gasteiger partial charge in [0.15, 0.2) is 5.78 Å². The number of Topliss-reactive ketones (excluding diaryl/α,β-unsaturated/α-hetero) is 2. The van der Waals surface area contributed by atoms with Crippen molar-refractivity contribution in [2.24, 2.45) is 0 Å². The summed E-state index contributed by atoms with van der Waals surface area (Å²) >= 11 is 0. The number of rotatable bonds is 16. The molecule has 41 heavy (non-hydrogen) atoms. The first-order valence-corrected chi connectivity index (χ1v) is 15.3. The summed E-state index contributed by atoms with van der Waals surface area (Å²) in [5, 5.41) is 23.6. The van der Waals surface area contributed by atoms with Crippen molar-refractivity contribution in [1.82, 2.24) is 0 Å². The highest BCUT2D eigenvalue weighted by Crippen LogP contribution is 2.24. The highest BCUT2D eigenvalue weighted by atomic mass is 16.3. The van der Waals surface area contributed by atoms with E-state index < -0.39 is 0 Å². The molecule has 0 aliphatic rings. The molecule has 1 atom stereocenters. The molecule has 0 aromatic heterocycles. The molecular formula is C37H46O4. The molecule has 0 aliphatic heterocycles. The number of hydrogen-bond donors (Lipinski definition) is 2. The van der Waals surface area contributed by atoms with Crippen molar-refractivity contribution >= 4 is 33.1 Å². The van der Waals surface area contributed by atoms with Gasteiger partial charge in [0.25, 0.3) is 0 Å². The molecule has 0 amide bonds. The second-order valence-corrected chi connectivity index (χ2v) is 11.0. The molecule has 0 radical (unpaired) electrons. The van der Waals surface area contributed by atoms with Gasteiger partial charge >= 0.3 is 0 Å². The normalized spacial score (nSPS) is 11.7. The molecule has 218 valence electrons. The molecular weight excluding hydrogens is 508 g/mol. The highest BCUT2D eigenvalue weighted by molar-refractivity contribution is 5.99. The zero-order valence-corrected chi connectivity index (χ0v) is 24.6. The first kappa shape index (κ1) is 32.2. The Morgan fingerprint density at radius 3 is 1.80 bits per heavy atom. The van der Waals surface area contributed by atoms with Crippen LogP contribution in [0.25, 0.3) is 21.5 Å². The van der Waals surface area contributed by atoms with Crippen LogP contribution < -0.4 is 0 Å². The summed E-state index contributed by atoms with van der Waals surface area (Å²) in [7, 11) is 0. The Morgan fingerprint density at radius 1 is 0.610 bits per heavy atom. The van der Waals surface area contributed by atoms with E-state index in [1.807, 2.05) is 54.6 Å². The third-order valence-corrected chi connectivity index (χ3v) is 7.55. The first-order valence-electron chi connectivity index (χ1n) is 15.3. The molecule has 4 aromatic carbocycles. The van der Waals surface area contributed by atoms with Crippen LogP contribution in [-0.4, -0.2) is 28.4 Å². The van der Waals surface area contributed by atoms with E-state index in [9.17, 15) is 14.7 Å². The number of ketones is 2. The Labute approximate surface area is 245 Å². The van der Waals surface area contributed by atoms with E-state index in [2.05, 4.69) is 30.3 Å². The standard InChI is InChI=1S/C19H22O2.C18H24O2/c1-15(20)8-4-2-3-5-11-19(21)18-13-12-16-9-6-7-10-17(16)14-18;19-13-7-3-1-2-4-10-18(20)17-12-11-15-8-5-6-9-16(15)14-17/h6-7,9-10,12-14H,2-5,8,11H2,1H3;5-6,8-9,11-12,14,18-20H,1-4,7,10,13H2. The number of carbonyl (C=O) groups is 2. The summed E-state index contributed by atoms with van der Waals surface area (Å²) in [6.07, 6.45) is 10.9. The average Bonchev–Trinajstić information content (AvgIpc) is 3.00.